The molecule has 0 aromatic carbocycles. The van der Waals surface area contributed by atoms with E-state index in [1.165, 1.54) is 6.08 Å². The molecule has 0 atom stereocenters. The van der Waals surface area contributed by atoms with Crippen LogP contribution in [0, 0.1) is 5.41 Å². The zero-order chi connectivity index (χ0) is 10.3. The van der Waals surface area contributed by atoms with Crippen molar-refractivity contribution in [2.24, 2.45) is 5.41 Å². The minimum absolute atomic E-state index is 0.137. The predicted octanol–water partition coefficient (Wildman–Crippen LogP) is 0.192. The summed E-state index contributed by atoms with van der Waals surface area (Å²) in [5.41, 5.74) is -1.28. The van der Waals surface area contributed by atoms with Crippen molar-refractivity contribution in [2.45, 2.75) is 19.8 Å². The molecule has 0 radical (unpaired) electrons. The molecule has 0 bridgehead atoms. The van der Waals surface area contributed by atoms with Crippen LogP contribution in [0.15, 0.2) is 11.8 Å². The van der Waals surface area contributed by atoms with Crippen molar-refractivity contribution in [1.82, 2.24) is 0 Å². The topological polar surface area (TPSA) is 80.9 Å². The Kier molecular flexibility index (Phi) is 5.70. The molecule has 4 nitrogen and oxygen atoms in total. The number of unbranched alkanes of at least 4 members (excludes halogenated alkanes) is 1. The summed E-state index contributed by atoms with van der Waals surface area (Å²) in [7, 11) is 0. The second kappa shape index (κ2) is 5.96. The van der Waals surface area contributed by atoms with Crippen molar-refractivity contribution in [3.05, 3.63) is 11.8 Å². The summed E-state index contributed by atoms with van der Waals surface area (Å²) in [5, 5.41) is 36.2. The monoisotopic (exact) mass is 190 g/mol. The van der Waals surface area contributed by atoms with E-state index < -0.39 is 25.2 Å². The third kappa shape index (κ3) is 2.99. The number of aliphatic hydroxyl groups excluding tert-OH is 4. The van der Waals surface area contributed by atoms with Crippen LogP contribution in [0.3, 0.4) is 0 Å². The maximum absolute atomic E-state index is 9.47. The van der Waals surface area contributed by atoms with Gasteiger partial charge in [0.1, 0.15) is 5.76 Å². The van der Waals surface area contributed by atoms with Gasteiger partial charge >= 0.3 is 0 Å². The van der Waals surface area contributed by atoms with E-state index in [9.17, 15) is 5.11 Å². The Hall–Kier alpha value is -0.580. The molecule has 78 valence electrons. The maximum atomic E-state index is 9.47. The van der Waals surface area contributed by atoms with Crippen molar-refractivity contribution in [2.75, 3.05) is 19.8 Å². The van der Waals surface area contributed by atoms with Crippen molar-refractivity contribution in [3.8, 4) is 0 Å². The molecule has 0 unspecified atom stereocenters. The molecule has 0 rings (SSSR count). The molecule has 0 aliphatic heterocycles. The van der Waals surface area contributed by atoms with Crippen molar-refractivity contribution in [1.29, 1.82) is 0 Å². The fourth-order valence-electron chi connectivity index (χ4n) is 0.891. The Bertz CT molecular complexity index is 153. The maximum Gasteiger partial charge on any atom is 0.101 e. The van der Waals surface area contributed by atoms with E-state index in [0.717, 1.165) is 6.42 Å². The lowest BCUT2D eigenvalue weighted by molar-refractivity contribution is 0.00456. The second-order valence-electron chi connectivity index (χ2n) is 3.13. The lowest BCUT2D eigenvalue weighted by Crippen LogP contribution is -2.36. The van der Waals surface area contributed by atoms with Crippen LogP contribution >= 0.6 is 0 Å². The van der Waals surface area contributed by atoms with Gasteiger partial charge in [0.2, 0.25) is 0 Å². The first kappa shape index (κ1) is 12.4. The summed E-state index contributed by atoms with van der Waals surface area (Å²) >= 11 is 0. The summed E-state index contributed by atoms with van der Waals surface area (Å²) in [4.78, 5) is 0. The number of rotatable bonds is 6. The predicted molar refractivity (Wildman–Crippen MR) is 49.3 cm³/mol. The van der Waals surface area contributed by atoms with Gasteiger partial charge < -0.3 is 20.4 Å². The summed E-state index contributed by atoms with van der Waals surface area (Å²) in [5.74, 6) is -0.137. The van der Waals surface area contributed by atoms with Gasteiger partial charge in [-0.2, -0.15) is 0 Å². The first-order valence-corrected chi connectivity index (χ1v) is 4.39. The molecule has 0 heterocycles. The zero-order valence-corrected chi connectivity index (χ0v) is 7.90. The van der Waals surface area contributed by atoms with Crippen LogP contribution in [0.25, 0.3) is 0 Å². The molecule has 4 heteroatoms. The molecule has 13 heavy (non-hydrogen) atoms. The van der Waals surface area contributed by atoms with E-state index in [4.69, 9.17) is 15.3 Å². The highest BCUT2D eigenvalue weighted by molar-refractivity contribution is 5.07. The van der Waals surface area contributed by atoms with Crippen molar-refractivity contribution in [3.63, 3.8) is 0 Å². The van der Waals surface area contributed by atoms with Crippen LogP contribution in [0.4, 0.5) is 0 Å². The lowest BCUT2D eigenvalue weighted by atomic mass is 9.88. The van der Waals surface area contributed by atoms with Gasteiger partial charge in [-0.3, -0.25) is 0 Å². The van der Waals surface area contributed by atoms with Gasteiger partial charge in [0.05, 0.1) is 25.2 Å². The Morgan fingerprint density at radius 2 is 1.62 bits per heavy atom. The lowest BCUT2D eigenvalue weighted by Gasteiger charge is -2.26. The van der Waals surface area contributed by atoms with Crippen LogP contribution in [0.5, 0.6) is 0 Å². The van der Waals surface area contributed by atoms with Gasteiger partial charge in [-0.05, 0) is 12.5 Å². The van der Waals surface area contributed by atoms with E-state index in [1.54, 1.807) is 0 Å². The quantitative estimate of drug-likeness (QED) is 0.451. The molecule has 0 aromatic heterocycles. The fraction of sp³-hybridized carbons (Fsp3) is 0.778. The van der Waals surface area contributed by atoms with Crippen molar-refractivity contribution < 1.29 is 20.4 Å². The summed E-state index contributed by atoms with van der Waals surface area (Å²) in [6.07, 6.45) is 3.04. The first-order valence-electron chi connectivity index (χ1n) is 4.39. The Balaban J connectivity index is 4.52. The Morgan fingerprint density at radius 1 is 1.15 bits per heavy atom. The van der Waals surface area contributed by atoms with Gasteiger partial charge in [0.15, 0.2) is 0 Å². The zero-order valence-electron chi connectivity index (χ0n) is 7.90. The fourth-order valence-corrected chi connectivity index (χ4v) is 0.891. The van der Waals surface area contributed by atoms with Crippen LogP contribution in [0.2, 0.25) is 0 Å². The van der Waals surface area contributed by atoms with E-state index in [0.29, 0.717) is 6.42 Å². The number of hydrogen-bond donors (Lipinski definition) is 4. The largest absolute Gasteiger partial charge is 0.512 e. The minimum atomic E-state index is -1.28. The average Bonchev–Trinajstić information content (AvgIpc) is 2.18. The average molecular weight is 190 g/mol. The van der Waals surface area contributed by atoms with Crippen molar-refractivity contribution >= 4 is 0 Å². The minimum Gasteiger partial charge on any atom is -0.512 e. The van der Waals surface area contributed by atoms with Gasteiger partial charge in [-0.15, -0.1) is 0 Å². The molecule has 4 N–H and O–H groups in total. The van der Waals surface area contributed by atoms with Gasteiger partial charge in [0, 0.05) is 0 Å². The normalized spacial score (nSPS) is 13.4. The molecule has 0 aliphatic carbocycles. The molecule has 0 saturated heterocycles. The Morgan fingerprint density at radius 3 is 1.92 bits per heavy atom. The molecule has 0 aromatic rings. The SMILES string of the molecule is CCCC=C(O)C(CO)(CO)CO. The molecule has 0 amide bonds. The highest BCUT2D eigenvalue weighted by Gasteiger charge is 2.32. The number of aliphatic hydroxyl groups is 4. The summed E-state index contributed by atoms with van der Waals surface area (Å²) in [6.45, 7) is 0.548. The third-order valence-electron chi connectivity index (χ3n) is 2.08. The molecule has 0 saturated carbocycles. The summed E-state index contributed by atoms with van der Waals surface area (Å²) < 4.78 is 0. The van der Waals surface area contributed by atoms with Gasteiger partial charge in [-0.1, -0.05) is 13.3 Å². The second-order valence-corrected chi connectivity index (χ2v) is 3.13. The molecule has 0 spiro atoms. The van der Waals surface area contributed by atoms with Crippen LogP contribution < -0.4 is 0 Å². The van der Waals surface area contributed by atoms with Gasteiger partial charge in [-0.25, -0.2) is 0 Å². The molecule has 0 fully saturated rings. The number of hydrogen-bond acceptors (Lipinski definition) is 4. The van der Waals surface area contributed by atoms with E-state index in [1.807, 2.05) is 6.92 Å². The van der Waals surface area contributed by atoms with E-state index in [2.05, 4.69) is 0 Å². The molecule has 0 aliphatic rings. The highest BCUT2D eigenvalue weighted by Crippen LogP contribution is 2.24. The highest BCUT2D eigenvalue weighted by atomic mass is 16.3. The van der Waals surface area contributed by atoms with E-state index in [-0.39, 0.29) is 5.76 Å². The smallest absolute Gasteiger partial charge is 0.101 e. The van der Waals surface area contributed by atoms with Crippen LogP contribution in [0.1, 0.15) is 19.8 Å². The molecular formula is C9H18O4. The van der Waals surface area contributed by atoms with Crippen LogP contribution in [-0.2, 0) is 0 Å². The third-order valence-corrected chi connectivity index (χ3v) is 2.08. The first-order chi connectivity index (χ1) is 6.16. The standard InChI is InChI=1S/C9H18O4/c1-2-3-4-8(13)9(5-10,6-11)7-12/h4,10-13H,2-3,5-7H2,1H3. The molecular weight excluding hydrogens is 172 g/mol. The summed E-state index contributed by atoms with van der Waals surface area (Å²) in [6, 6.07) is 0. The van der Waals surface area contributed by atoms with E-state index >= 15 is 0 Å². The Labute approximate surface area is 78.1 Å². The van der Waals surface area contributed by atoms with Crippen LogP contribution in [-0.4, -0.2) is 40.2 Å². The number of allylic oxidation sites excluding steroid dienone is 1. The van der Waals surface area contributed by atoms with Gasteiger partial charge in [0.25, 0.3) is 0 Å².